The minimum atomic E-state index is -0.301. The lowest BCUT2D eigenvalue weighted by molar-refractivity contribution is 0.0677. The van der Waals surface area contributed by atoms with Crippen molar-refractivity contribution in [1.29, 1.82) is 0 Å². The summed E-state index contributed by atoms with van der Waals surface area (Å²) in [4.78, 5) is 0. The average Bonchev–Trinajstić information content (AvgIpc) is 2.51. The molecule has 0 radical (unpaired) electrons. The van der Waals surface area contributed by atoms with E-state index < -0.39 is 0 Å². The fraction of sp³-hybridized carbons (Fsp3) is 0.222. The van der Waals surface area contributed by atoms with Crippen LogP contribution in [0.4, 0.5) is 0 Å². The minimum absolute atomic E-state index is 0.301. The number of fused-ring (bicyclic) bond motifs is 1. The summed E-state index contributed by atoms with van der Waals surface area (Å²) >= 11 is 3.33. The van der Waals surface area contributed by atoms with Crippen LogP contribution in [0.3, 0.4) is 0 Å². The van der Waals surface area contributed by atoms with Crippen molar-refractivity contribution in [2.45, 2.75) is 13.2 Å². The molecule has 0 aromatic heterocycles. The molecule has 1 aromatic carbocycles. The molecular formula is C9H8BrNO3. The number of ether oxygens (including phenoxy) is 2. The Hall–Kier alpha value is -1.23. The van der Waals surface area contributed by atoms with Crippen LogP contribution in [0, 0.1) is 0 Å². The van der Waals surface area contributed by atoms with Gasteiger partial charge < -0.3 is 14.7 Å². The first kappa shape index (κ1) is 9.33. The molecule has 1 N–H and O–H groups in total. The van der Waals surface area contributed by atoms with E-state index in [1.165, 1.54) is 6.21 Å². The van der Waals surface area contributed by atoms with Crippen molar-refractivity contribution in [3.63, 3.8) is 0 Å². The number of benzene rings is 1. The van der Waals surface area contributed by atoms with Crippen LogP contribution >= 0.6 is 15.9 Å². The van der Waals surface area contributed by atoms with Crippen molar-refractivity contribution in [1.82, 2.24) is 0 Å². The third-order valence-electron chi connectivity index (χ3n) is 1.87. The summed E-state index contributed by atoms with van der Waals surface area (Å²) in [5.74, 6) is 1.26. The van der Waals surface area contributed by atoms with Gasteiger partial charge in [0.25, 0.3) is 0 Å². The van der Waals surface area contributed by atoms with E-state index in [0.29, 0.717) is 17.1 Å². The first-order valence-electron chi connectivity index (χ1n) is 4.05. The number of oxime groups is 1. The molecule has 1 aliphatic heterocycles. The first-order valence-corrected chi connectivity index (χ1v) is 4.85. The van der Waals surface area contributed by atoms with Crippen molar-refractivity contribution < 1.29 is 14.7 Å². The highest BCUT2D eigenvalue weighted by molar-refractivity contribution is 9.10. The molecule has 74 valence electrons. The van der Waals surface area contributed by atoms with E-state index in [-0.39, 0.29) is 6.29 Å². The molecule has 0 fully saturated rings. The number of hydrogen-bond acceptors (Lipinski definition) is 4. The number of nitrogens with zero attached hydrogens (tertiary/aromatic N) is 1. The van der Waals surface area contributed by atoms with E-state index in [9.17, 15) is 0 Å². The zero-order chi connectivity index (χ0) is 10.1. The van der Waals surface area contributed by atoms with Gasteiger partial charge >= 0.3 is 0 Å². The third kappa shape index (κ3) is 1.43. The van der Waals surface area contributed by atoms with E-state index in [1.54, 1.807) is 13.0 Å². The molecule has 0 spiro atoms. The first-order chi connectivity index (χ1) is 6.72. The fourth-order valence-corrected chi connectivity index (χ4v) is 1.73. The van der Waals surface area contributed by atoms with E-state index in [2.05, 4.69) is 21.1 Å². The number of hydrogen-bond donors (Lipinski definition) is 1. The smallest absolute Gasteiger partial charge is 0.238 e. The monoisotopic (exact) mass is 257 g/mol. The summed E-state index contributed by atoms with van der Waals surface area (Å²) in [7, 11) is 0. The highest BCUT2D eigenvalue weighted by Crippen LogP contribution is 2.40. The van der Waals surface area contributed by atoms with Gasteiger partial charge in [-0.25, -0.2) is 0 Å². The topological polar surface area (TPSA) is 51.0 Å². The van der Waals surface area contributed by atoms with Crippen LogP contribution < -0.4 is 9.47 Å². The molecule has 0 aliphatic carbocycles. The Morgan fingerprint density at radius 3 is 3.00 bits per heavy atom. The second-order valence-corrected chi connectivity index (χ2v) is 3.69. The van der Waals surface area contributed by atoms with Gasteiger partial charge in [0.2, 0.25) is 6.29 Å². The molecule has 0 amide bonds. The summed E-state index contributed by atoms with van der Waals surface area (Å²) in [6, 6.07) is 3.62. The minimum Gasteiger partial charge on any atom is -0.451 e. The second-order valence-electron chi connectivity index (χ2n) is 2.84. The van der Waals surface area contributed by atoms with Crippen molar-refractivity contribution in [2.75, 3.05) is 0 Å². The lowest BCUT2D eigenvalue weighted by Crippen LogP contribution is -2.11. The van der Waals surface area contributed by atoms with Gasteiger partial charge in [-0.15, -0.1) is 0 Å². The average molecular weight is 258 g/mol. The highest BCUT2D eigenvalue weighted by Gasteiger charge is 2.24. The summed E-state index contributed by atoms with van der Waals surface area (Å²) in [5.41, 5.74) is 0.675. The summed E-state index contributed by atoms with van der Waals surface area (Å²) in [5, 5.41) is 11.5. The third-order valence-corrected chi connectivity index (χ3v) is 2.56. The van der Waals surface area contributed by atoms with E-state index in [4.69, 9.17) is 14.7 Å². The molecule has 0 bridgehead atoms. The van der Waals surface area contributed by atoms with Gasteiger partial charge in [-0.05, 0) is 28.1 Å². The molecule has 14 heavy (non-hydrogen) atoms. The van der Waals surface area contributed by atoms with Crippen LogP contribution in [0.5, 0.6) is 11.5 Å². The predicted molar refractivity (Wildman–Crippen MR) is 54.2 cm³/mol. The van der Waals surface area contributed by atoms with Crippen LogP contribution in [0.1, 0.15) is 12.5 Å². The van der Waals surface area contributed by atoms with Crippen molar-refractivity contribution in [3.05, 3.63) is 22.2 Å². The van der Waals surface area contributed by atoms with Gasteiger partial charge in [0.1, 0.15) is 0 Å². The van der Waals surface area contributed by atoms with Crippen LogP contribution in [0.15, 0.2) is 21.8 Å². The number of rotatable bonds is 1. The van der Waals surface area contributed by atoms with E-state index in [1.807, 2.05) is 6.07 Å². The quantitative estimate of drug-likeness (QED) is 0.478. The molecule has 1 aliphatic rings. The van der Waals surface area contributed by atoms with Crippen LogP contribution in [-0.4, -0.2) is 17.7 Å². The Morgan fingerprint density at radius 1 is 1.50 bits per heavy atom. The lowest BCUT2D eigenvalue weighted by Gasteiger charge is -2.03. The summed E-state index contributed by atoms with van der Waals surface area (Å²) < 4.78 is 11.6. The van der Waals surface area contributed by atoms with Crippen LogP contribution in [0.25, 0.3) is 0 Å². The summed E-state index contributed by atoms with van der Waals surface area (Å²) in [6.07, 6.45) is 1.01. The highest BCUT2D eigenvalue weighted by atomic mass is 79.9. The molecular weight excluding hydrogens is 250 g/mol. The van der Waals surface area contributed by atoms with Gasteiger partial charge in [0, 0.05) is 11.4 Å². The molecule has 5 heteroatoms. The molecule has 0 saturated carbocycles. The largest absolute Gasteiger partial charge is 0.451 e. The molecule has 1 heterocycles. The van der Waals surface area contributed by atoms with Crippen LogP contribution in [0.2, 0.25) is 0 Å². The summed E-state index contributed by atoms with van der Waals surface area (Å²) in [6.45, 7) is 1.80. The van der Waals surface area contributed by atoms with Crippen molar-refractivity contribution >= 4 is 22.1 Å². The maximum atomic E-state index is 8.49. The SMILES string of the molecule is CC1Oc2ccc(Br)c(C=NO)c2O1. The maximum absolute atomic E-state index is 8.49. The van der Waals surface area contributed by atoms with Gasteiger partial charge in [0.05, 0.1) is 11.8 Å². The standard InChI is InChI=1S/C9H8BrNO3/c1-5-13-8-3-2-7(10)6(4-11-12)9(8)14-5/h2-5,12H,1H3. The number of halogens is 1. The molecule has 1 unspecified atom stereocenters. The van der Waals surface area contributed by atoms with Gasteiger partial charge in [-0.1, -0.05) is 5.16 Å². The fourth-order valence-electron chi connectivity index (χ4n) is 1.32. The molecule has 4 nitrogen and oxygen atoms in total. The van der Waals surface area contributed by atoms with Gasteiger partial charge in [-0.2, -0.15) is 0 Å². The zero-order valence-corrected chi connectivity index (χ0v) is 8.98. The maximum Gasteiger partial charge on any atom is 0.238 e. The second kappa shape index (κ2) is 3.49. The normalized spacial score (nSPS) is 19.1. The molecule has 0 saturated heterocycles. The van der Waals surface area contributed by atoms with Gasteiger partial charge in [-0.3, -0.25) is 0 Å². The molecule has 1 aromatic rings. The van der Waals surface area contributed by atoms with Gasteiger partial charge in [0.15, 0.2) is 11.5 Å². The molecule has 1 atom stereocenters. The Morgan fingerprint density at radius 2 is 2.29 bits per heavy atom. The van der Waals surface area contributed by atoms with E-state index >= 15 is 0 Å². The Kier molecular flexibility index (Phi) is 2.33. The van der Waals surface area contributed by atoms with Crippen molar-refractivity contribution in [3.8, 4) is 11.5 Å². The Labute approximate surface area is 89.3 Å². The Balaban J connectivity index is 2.54. The van der Waals surface area contributed by atoms with Crippen LogP contribution in [-0.2, 0) is 0 Å². The predicted octanol–water partition coefficient (Wildman–Crippen LogP) is 2.37. The van der Waals surface area contributed by atoms with E-state index in [0.717, 1.165) is 4.47 Å². The zero-order valence-electron chi connectivity index (χ0n) is 7.40. The Bertz CT molecular complexity index is 392. The lowest BCUT2D eigenvalue weighted by atomic mass is 10.2. The van der Waals surface area contributed by atoms with Crippen molar-refractivity contribution in [2.24, 2.45) is 5.16 Å². The molecule has 2 rings (SSSR count).